The highest BCUT2D eigenvalue weighted by Gasteiger charge is 2.37. The van der Waals surface area contributed by atoms with Crippen LogP contribution in [0.1, 0.15) is 51.9 Å². The standard InChI is InChI=1S/C24H35F2N3O2/c1-19-4-2-13-28(19)14-3-17-31-22-8-5-20(6-9-22)29-21(7-10-23(29)30)18-27-15-11-24(25,26)12-16-27/h5-6,8-9,19,21H,2-4,7,10-18H2,1H3/t19?,21-/m0/s1. The molecule has 0 radical (unpaired) electrons. The number of hydrogen-bond acceptors (Lipinski definition) is 4. The van der Waals surface area contributed by atoms with Gasteiger partial charge < -0.3 is 19.4 Å². The van der Waals surface area contributed by atoms with Crippen molar-refractivity contribution in [2.24, 2.45) is 0 Å². The molecular weight excluding hydrogens is 400 g/mol. The van der Waals surface area contributed by atoms with E-state index in [-0.39, 0.29) is 24.8 Å². The second kappa shape index (κ2) is 9.82. The van der Waals surface area contributed by atoms with Crippen molar-refractivity contribution in [3.63, 3.8) is 0 Å². The minimum atomic E-state index is -2.54. The molecule has 3 aliphatic rings. The summed E-state index contributed by atoms with van der Waals surface area (Å²) in [5, 5.41) is 0. The Balaban J connectivity index is 1.27. The molecule has 2 atom stereocenters. The van der Waals surface area contributed by atoms with Crippen LogP contribution in [0.15, 0.2) is 24.3 Å². The van der Waals surface area contributed by atoms with Crippen molar-refractivity contribution in [3.8, 4) is 5.75 Å². The van der Waals surface area contributed by atoms with E-state index in [1.807, 2.05) is 29.2 Å². The molecule has 7 heteroatoms. The fourth-order valence-electron chi connectivity index (χ4n) is 5.12. The molecular formula is C24H35F2N3O2. The van der Waals surface area contributed by atoms with Gasteiger partial charge in [-0.1, -0.05) is 0 Å². The molecule has 1 aromatic rings. The van der Waals surface area contributed by atoms with Crippen LogP contribution in [0.2, 0.25) is 0 Å². The van der Waals surface area contributed by atoms with Crippen LogP contribution in [0.25, 0.3) is 0 Å². The molecule has 0 bridgehead atoms. The topological polar surface area (TPSA) is 36.0 Å². The molecule has 3 saturated heterocycles. The number of anilines is 1. The third-order valence-electron chi connectivity index (χ3n) is 7.05. The highest BCUT2D eigenvalue weighted by atomic mass is 19.3. The van der Waals surface area contributed by atoms with Gasteiger partial charge in [-0.3, -0.25) is 4.79 Å². The Kier molecular flexibility index (Phi) is 7.12. The smallest absolute Gasteiger partial charge is 0.250 e. The van der Waals surface area contributed by atoms with Crippen molar-refractivity contribution in [1.82, 2.24) is 9.80 Å². The zero-order chi connectivity index (χ0) is 21.8. The maximum Gasteiger partial charge on any atom is 0.250 e. The van der Waals surface area contributed by atoms with Gasteiger partial charge in [-0.2, -0.15) is 0 Å². The molecule has 1 amide bonds. The highest BCUT2D eigenvalue weighted by molar-refractivity contribution is 5.96. The Morgan fingerprint density at radius 1 is 1.10 bits per heavy atom. The predicted octanol–water partition coefficient (Wildman–Crippen LogP) is 4.17. The maximum absolute atomic E-state index is 13.4. The number of ether oxygens (including phenoxy) is 1. The summed E-state index contributed by atoms with van der Waals surface area (Å²) in [6, 6.07) is 8.48. The molecule has 1 unspecified atom stereocenters. The first kappa shape index (κ1) is 22.5. The van der Waals surface area contributed by atoms with Gasteiger partial charge >= 0.3 is 0 Å². The van der Waals surface area contributed by atoms with Gasteiger partial charge in [-0.25, -0.2) is 8.78 Å². The van der Waals surface area contributed by atoms with Gasteiger partial charge in [0, 0.05) is 57.2 Å². The third-order valence-corrected chi connectivity index (χ3v) is 7.05. The minimum Gasteiger partial charge on any atom is -0.494 e. The number of benzene rings is 1. The van der Waals surface area contributed by atoms with E-state index in [1.165, 1.54) is 19.4 Å². The average molecular weight is 436 g/mol. The van der Waals surface area contributed by atoms with Crippen LogP contribution in [-0.4, -0.2) is 73.0 Å². The van der Waals surface area contributed by atoms with E-state index in [2.05, 4.69) is 16.7 Å². The number of hydrogen-bond donors (Lipinski definition) is 0. The Bertz CT molecular complexity index is 733. The van der Waals surface area contributed by atoms with Crippen molar-refractivity contribution < 1.29 is 18.3 Å². The first-order valence-electron chi connectivity index (χ1n) is 11.8. The number of piperidine rings is 1. The molecule has 3 fully saturated rings. The number of halogens is 2. The largest absolute Gasteiger partial charge is 0.494 e. The number of carbonyl (C=O) groups is 1. The van der Waals surface area contributed by atoms with Gasteiger partial charge in [-0.05, 0) is 63.4 Å². The molecule has 4 rings (SSSR count). The van der Waals surface area contributed by atoms with Crippen molar-refractivity contribution in [1.29, 1.82) is 0 Å². The summed E-state index contributed by atoms with van der Waals surface area (Å²) >= 11 is 0. The van der Waals surface area contributed by atoms with Crippen LogP contribution in [-0.2, 0) is 4.79 Å². The molecule has 31 heavy (non-hydrogen) atoms. The molecule has 0 aliphatic carbocycles. The SMILES string of the molecule is CC1CCCN1CCCOc1ccc(N2C(=O)CC[C@H]2CN2CCC(F)(F)CC2)cc1. The zero-order valence-corrected chi connectivity index (χ0v) is 18.6. The fourth-order valence-corrected chi connectivity index (χ4v) is 5.12. The predicted molar refractivity (Wildman–Crippen MR) is 118 cm³/mol. The Hall–Kier alpha value is -1.73. The molecule has 172 valence electrons. The first-order valence-corrected chi connectivity index (χ1v) is 11.8. The number of carbonyl (C=O) groups excluding carboxylic acids is 1. The van der Waals surface area contributed by atoms with Gasteiger partial charge in [-0.15, -0.1) is 0 Å². The van der Waals surface area contributed by atoms with Gasteiger partial charge in [0.1, 0.15) is 5.75 Å². The van der Waals surface area contributed by atoms with Gasteiger partial charge in [0.15, 0.2) is 0 Å². The Labute approximate surface area is 184 Å². The average Bonchev–Trinajstić information content (AvgIpc) is 3.32. The number of rotatable bonds is 8. The lowest BCUT2D eigenvalue weighted by Gasteiger charge is -2.35. The first-order chi connectivity index (χ1) is 14.9. The van der Waals surface area contributed by atoms with E-state index in [9.17, 15) is 13.6 Å². The number of amides is 1. The van der Waals surface area contributed by atoms with E-state index in [0.717, 1.165) is 30.8 Å². The summed E-state index contributed by atoms with van der Waals surface area (Å²) in [4.78, 5) is 19.0. The minimum absolute atomic E-state index is 0.0495. The quantitative estimate of drug-likeness (QED) is 0.575. The lowest BCUT2D eigenvalue weighted by Crippen LogP contribution is -2.46. The summed E-state index contributed by atoms with van der Waals surface area (Å²) in [6.07, 6.45) is 4.72. The van der Waals surface area contributed by atoms with Crippen molar-refractivity contribution in [2.45, 2.75) is 69.9 Å². The van der Waals surface area contributed by atoms with Crippen molar-refractivity contribution in [3.05, 3.63) is 24.3 Å². The molecule has 0 aromatic heterocycles. The Morgan fingerprint density at radius 3 is 2.52 bits per heavy atom. The number of alkyl halides is 2. The molecule has 0 saturated carbocycles. The summed E-state index contributed by atoms with van der Waals surface area (Å²) in [7, 11) is 0. The van der Waals surface area contributed by atoms with Gasteiger partial charge in [0.2, 0.25) is 5.91 Å². The second-order valence-corrected chi connectivity index (χ2v) is 9.34. The van der Waals surface area contributed by atoms with E-state index in [0.29, 0.717) is 38.7 Å². The van der Waals surface area contributed by atoms with Crippen LogP contribution < -0.4 is 9.64 Å². The molecule has 3 aliphatic heterocycles. The second-order valence-electron chi connectivity index (χ2n) is 9.34. The normalized spacial score (nSPS) is 27.2. The van der Waals surface area contributed by atoms with E-state index in [4.69, 9.17) is 4.74 Å². The van der Waals surface area contributed by atoms with Crippen LogP contribution in [0.5, 0.6) is 5.75 Å². The number of likely N-dealkylation sites (tertiary alicyclic amines) is 2. The van der Waals surface area contributed by atoms with Gasteiger partial charge in [0.25, 0.3) is 5.92 Å². The summed E-state index contributed by atoms with van der Waals surface area (Å²) in [5.41, 5.74) is 0.869. The lowest BCUT2D eigenvalue weighted by atomic mass is 10.1. The van der Waals surface area contributed by atoms with Crippen LogP contribution in [0.4, 0.5) is 14.5 Å². The summed E-state index contributed by atoms with van der Waals surface area (Å²) in [5.74, 6) is -1.61. The van der Waals surface area contributed by atoms with Crippen LogP contribution in [0, 0.1) is 0 Å². The van der Waals surface area contributed by atoms with E-state index in [1.54, 1.807) is 0 Å². The fraction of sp³-hybridized carbons (Fsp3) is 0.708. The lowest BCUT2D eigenvalue weighted by molar-refractivity contribution is -0.117. The molecule has 0 spiro atoms. The third kappa shape index (κ3) is 5.75. The molecule has 1 aromatic carbocycles. The zero-order valence-electron chi connectivity index (χ0n) is 18.6. The van der Waals surface area contributed by atoms with E-state index >= 15 is 0 Å². The van der Waals surface area contributed by atoms with Crippen molar-refractivity contribution in [2.75, 3.05) is 44.2 Å². The maximum atomic E-state index is 13.4. The molecule has 5 nitrogen and oxygen atoms in total. The summed E-state index contributed by atoms with van der Waals surface area (Å²) < 4.78 is 32.8. The van der Waals surface area contributed by atoms with Crippen LogP contribution >= 0.6 is 0 Å². The number of nitrogens with zero attached hydrogens (tertiary/aromatic N) is 3. The van der Waals surface area contributed by atoms with Gasteiger partial charge in [0.05, 0.1) is 12.6 Å². The highest BCUT2D eigenvalue weighted by Crippen LogP contribution is 2.32. The van der Waals surface area contributed by atoms with E-state index < -0.39 is 5.92 Å². The molecule has 3 heterocycles. The van der Waals surface area contributed by atoms with Crippen molar-refractivity contribution >= 4 is 11.6 Å². The van der Waals surface area contributed by atoms with Crippen LogP contribution in [0.3, 0.4) is 0 Å². The molecule has 0 N–H and O–H groups in total. The Morgan fingerprint density at radius 2 is 1.84 bits per heavy atom. The summed E-state index contributed by atoms with van der Waals surface area (Å²) in [6.45, 7) is 6.71. The monoisotopic (exact) mass is 435 g/mol.